The molecule has 0 aliphatic heterocycles. The zero-order valence-corrected chi connectivity index (χ0v) is 7.44. The molecule has 2 rings (SSSR count). The Bertz CT molecular complexity index is 408. The molecule has 0 aromatic heterocycles. The van der Waals surface area contributed by atoms with Crippen LogP contribution in [0.5, 0.6) is 5.75 Å². The third-order valence-corrected chi connectivity index (χ3v) is 2.00. The van der Waals surface area contributed by atoms with Crippen molar-refractivity contribution in [2.24, 2.45) is 0 Å². The van der Waals surface area contributed by atoms with Crippen molar-refractivity contribution in [3.8, 4) is 16.9 Å². The van der Waals surface area contributed by atoms with E-state index in [1.165, 1.54) is 12.1 Å². The summed E-state index contributed by atoms with van der Waals surface area (Å²) in [6.45, 7) is 0. The molecular formula is C12H9FO. The van der Waals surface area contributed by atoms with Crippen molar-refractivity contribution in [1.29, 1.82) is 0 Å². The second kappa shape index (κ2) is 3.50. The lowest BCUT2D eigenvalue weighted by Gasteiger charge is -2.01. The maximum atomic E-state index is 12.9. The van der Waals surface area contributed by atoms with E-state index in [2.05, 4.69) is 0 Å². The van der Waals surface area contributed by atoms with Crippen molar-refractivity contribution in [1.82, 2.24) is 0 Å². The molecule has 1 N–H and O–H groups in total. The van der Waals surface area contributed by atoms with Crippen LogP contribution < -0.4 is 0 Å². The van der Waals surface area contributed by atoms with Crippen LogP contribution in [0.1, 0.15) is 0 Å². The predicted octanol–water partition coefficient (Wildman–Crippen LogP) is 3.20. The minimum absolute atomic E-state index is 0.187. The van der Waals surface area contributed by atoms with Gasteiger partial charge in [-0.2, -0.15) is 0 Å². The number of aromatic hydroxyl groups is 1. The summed E-state index contributed by atoms with van der Waals surface area (Å²) in [5, 5.41) is 9.25. The second-order valence-corrected chi connectivity index (χ2v) is 3.06. The molecule has 2 heteroatoms. The molecule has 1 nitrogen and oxygen atoms in total. The number of rotatable bonds is 1. The topological polar surface area (TPSA) is 20.2 Å². The Morgan fingerprint density at radius 1 is 0.857 bits per heavy atom. The maximum Gasteiger partial charge on any atom is 0.123 e. The first-order valence-corrected chi connectivity index (χ1v) is 4.31. The molecule has 2 aromatic carbocycles. The van der Waals surface area contributed by atoms with Gasteiger partial charge in [-0.1, -0.05) is 24.3 Å². The molecule has 0 fully saturated rings. The highest BCUT2D eigenvalue weighted by molar-refractivity contribution is 5.64. The Morgan fingerprint density at radius 3 is 2.14 bits per heavy atom. The number of benzene rings is 2. The van der Waals surface area contributed by atoms with Crippen LogP contribution in [0.25, 0.3) is 11.1 Å². The van der Waals surface area contributed by atoms with Gasteiger partial charge in [-0.25, -0.2) is 4.39 Å². The second-order valence-electron chi connectivity index (χ2n) is 3.06. The van der Waals surface area contributed by atoms with E-state index < -0.39 is 0 Å². The molecule has 14 heavy (non-hydrogen) atoms. The molecule has 0 aliphatic carbocycles. The molecule has 0 amide bonds. The van der Waals surface area contributed by atoms with E-state index in [9.17, 15) is 9.50 Å². The molecule has 70 valence electrons. The fourth-order valence-corrected chi connectivity index (χ4v) is 1.35. The summed E-state index contributed by atoms with van der Waals surface area (Å²) in [7, 11) is 0. The normalized spacial score (nSPS) is 10.1. The summed E-state index contributed by atoms with van der Waals surface area (Å²) in [6, 6.07) is 13.0. The Hall–Kier alpha value is -1.83. The standard InChI is InChI=1S/C12H9FO/c13-11-5-1-3-9(7-11)10-4-2-6-12(14)8-10/h1-8,14H. The van der Waals surface area contributed by atoms with Gasteiger partial charge in [-0.05, 0) is 35.4 Å². The predicted molar refractivity (Wildman–Crippen MR) is 53.5 cm³/mol. The van der Waals surface area contributed by atoms with Gasteiger partial charge in [-0.15, -0.1) is 0 Å². The van der Waals surface area contributed by atoms with Crippen molar-refractivity contribution in [2.75, 3.05) is 0 Å². The lowest BCUT2D eigenvalue weighted by Crippen LogP contribution is -1.79. The smallest absolute Gasteiger partial charge is 0.123 e. The highest BCUT2D eigenvalue weighted by atomic mass is 19.1. The van der Waals surface area contributed by atoms with Crippen LogP contribution >= 0.6 is 0 Å². The Labute approximate surface area is 81.4 Å². The molecule has 2 aromatic rings. The highest BCUT2D eigenvalue weighted by Gasteiger charge is 1.99. The molecule has 0 radical (unpaired) electrons. The van der Waals surface area contributed by atoms with Crippen LogP contribution in [0.4, 0.5) is 4.39 Å². The van der Waals surface area contributed by atoms with Crippen molar-refractivity contribution in [3.63, 3.8) is 0 Å². The van der Waals surface area contributed by atoms with Crippen molar-refractivity contribution >= 4 is 0 Å². The zero-order chi connectivity index (χ0) is 9.97. The van der Waals surface area contributed by atoms with Gasteiger partial charge >= 0.3 is 0 Å². The van der Waals surface area contributed by atoms with Gasteiger partial charge in [0.25, 0.3) is 0 Å². The lowest BCUT2D eigenvalue weighted by molar-refractivity contribution is 0.475. The first kappa shape index (κ1) is 8.75. The molecule has 0 heterocycles. The van der Waals surface area contributed by atoms with Crippen molar-refractivity contribution in [3.05, 3.63) is 54.3 Å². The summed E-state index contributed by atoms with van der Waals surface area (Å²) < 4.78 is 12.9. The molecule has 0 spiro atoms. The van der Waals surface area contributed by atoms with Gasteiger partial charge in [0, 0.05) is 0 Å². The number of halogens is 1. The van der Waals surface area contributed by atoms with Crippen LogP contribution in [0.2, 0.25) is 0 Å². The third kappa shape index (κ3) is 1.74. The van der Waals surface area contributed by atoms with E-state index in [0.717, 1.165) is 11.1 Å². The minimum atomic E-state index is -0.272. The summed E-state index contributed by atoms with van der Waals surface area (Å²) >= 11 is 0. The number of hydrogen-bond donors (Lipinski definition) is 1. The number of phenolic OH excluding ortho intramolecular Hbond substituents is 1. The van der Waals surface area contributed by atoms with Gasteiger partial charge < -0.3 is 5.11 Å². The molecule has 0 bridgehead atoms. The first-order chi connectivity index (χ1) is 6.75. The van der Waals surface area contributed by atoms with Crippen LogP contribution in [0.3, 0.4) is 0 Å². The summed E-state index contributed by atoms with van der Waals surface area (Å²) in [5.41, 5.74) is 1.57. The Kier molecular flexibility index (Phi) is 2.19. The fourth-order valence-electron chi connectivity index (χ4n) is 1.35. The maximum absolute atomic E-state index is 12.9. The molecule has 0 saturated carbocycles. The average molecular weight is 188 g/mol. The van der Waals surface area contributed by atoms with Gasteiger partial charge in [0.2, 0.25) is 0 Å². The fraction of sp³-hybridized carbons (Fsp3) is 0. The summed E-state index contributed by atoms with van der Waals surface area (Å²) in [5.74, 6) is -0.0856. The zero-order valence-electron chi connectivity index (χ0n) is 7.44. The summed E-state index contributed by atoms with van der Waals surface area (Å²) in [4.78, 5) is 0. The van der Waals surface area contributed by atoms with Gasteiger partial charge in [0.1, 0.15) is 11.6 Å². The van der Waals surface area contributed by atoms with Gasteiger partial charge in [0.05, 0.1) is 0 Å². The third-order valence-electron chi connectivity index (χ3n) is 2.00. The summed E-state index contributed by atoms with van der Waals surface area (Å²) in [6.07, 6.45) is 0. The van der Waals surface area contributed by atoms with Crippen molar-refractivity contribution in [2.45, 2.75) is 0 Å². The van der Waals surface area contributed by atoms with Crippen LogP contribution in [0, 0.1) is 5.82 Å². The van der Waals surface area contributed by atoms with Crippen molar-refractivity contribution < 1.29 is 9.50 Å². The van der Waals surface area contributed by atoms with E-state index in [0.29, 0.717) is 0 Å². The van der Waals surface area contributed by atoms with E-state index in [-0.39, 0.29) is 11.6 Å². The number of phenols is 1. The molecule has 0 aliphatic rings. The largest absolute Gasteiger partial charge is 0.508 e. The average Bonchev–Trinajstić information content (AvgIpc) is 2.18. The first-order valence-electron chi connectivity index (χ1n) is 4.31. The van der Waals surface area contributed by atoms with E-state index in [1.807, 2.05) is 6.07 Å². The lowest BCUT2D eigenvalue weighted by atomic mass is 10.1. The minimum Gasteiger partial charge on any atom is -0.508 e. The SMILES string of the molecule is Oc1cccc(-c2cccc(F)c2)c1. The van der Waals surface area contributed by atoms with Crippen LogP contribution in [-0.4, -0.2) is 5.11 Å². The van der Waals surface area contributed by atoms with Crippen LogP contribution in [-0.2, 0) is 0 Å². The molecule has 0 atom stereocenters. The van der Waals surface area contributed by atoms with Crippen LogP contribution in [0.15, 0.2) is 48.5 Å². The van der Waals surface area contributed by atoms with Gasteiger partial charge in [-0.3, -0.25) is 0 Å². The molecule has 0 saturated heterocycles. The molecular weight excluding hydrogens is 179 g/mol. The van der Waals surface area contributed by atoms with E-state index >= 15 is 0 Å². The highest BCUT2D eigenvalue weighted by Crippen LogP contribution is 2.23. The number of hydrogen-bond acceptors (Lipinski definition) is 1. The van der Waals surface area contributed by atoms with E-state index in [4.69, 9.17) is 0 Å². The van der Waals surface area contributed by atoms with Gasteiger partial charge in [0.15, 0.2) is 0 Å². The quantitative estimate of drug-likeness (QED) is 0.728. The molecule has 0 unspecified atom stereocenters. The van der Waals surface area contributed by atoms with E-state index in [1.54, 1.807) is 30.3 Å². The monoisotopic (exact) mass is 188 g/mol. The Morgan fingerprint density at radius 2 is 1.50 bits per heavy atom. The Balaban J connectivity index is 2.49.